The number of likely N-dealkylation sites (N-methyl/N-ethyl adjacent to an activating group) is 1. The van der Waals surface area contributed by atoms with E-state index in [4.69, 9.17) is 0 Å². The first kappa shape index (κ1) is 18.9. The Kier molecular flexibility index (Phi) is 6.37. The Morgan fingerprint density at radius 3 is 2.21 bits per heavy atom. The fraction of sp³-hybridized carbons (Fsp3) is 0.588. The lowest BCUT2D eigenvalue weighted by atomic mass is 10.0. The van der Waals surface area contributed by atoms with Crippen molar-refractivity contribution in [3.63, 3.8) is 0 Å². The van der Waals surface area contributed by atoms with Crippen LogP contribution in [0.4, 0.5) is 0 Å². The third-order valence-electron chi connectivity index (χ3n) is 4.26. The van der Waals surface area contributed by atoms with Gasteiger partial charge in [-0.05, 0) is 30.5 Å². The monoisotopic (exact) mass is 353 g/mol. The number of nitrogens with zero attached hydrogens (tertiary/aromatic N) is 2. The van der Waals surface area contributed by atoms with Crippen LogP contribution < -0.4 is 5.32 Å². The van der Waals surface area contributed by atoms with Crippen molar-refractivity contribution >= 4 is 15.9 Å². The van der Waals surface area contributed by atoms with E-state index in [2.05, 4.69) is 19.2 Å². The van der Waals surface area contributed by atoms with E-state index >= 15 is 0 Å². The van der Waals surface area contributed by atoms with E-state index in [9.17, 15) is 13.2 Å². The number of amides is 1. The largest absolute Gasteiger partial charge is 0.355 e. The summed E-state index contributed by atoms with van der Waals surface area (Å²) in [6.07, 6.45) is 0. The predicted molar refractivity (Wildman–Crippen MR) is 94.4 cm³/mol. The van der Waals surface area contributed by atoms with Crippen molar-refractivity contribution in [2.45, 2.75) is 31.6 Å². The lowest BCUT2D eigenvalue weighted by Gasteiger charge is -2.33. The van der Waals surface area contributed by atoms with Gasteiger partial charge in [-0.15, -0.1) is 0 Å². The van der Waals surface area contributed by atoms with Gasteiger partial charge in [-0.2, -0.15) is 4.31 Å². The minimum atomic E-state index is -3.46. The Balaban J connectivity index is 1.98. The first-order valence-corrected chi connectivity index (χ1v) is 9.87. The molecule has 0 atom stereocenters. The molecule has 2 rings (SSSR count). The van der Waals surface area contributed by atoms with Crippen LogP contribution in [0.3, 0.4) is 0 Å². The number of hydrogen-bond acceptors (Lipinski definition) is 4. The zero-order chi connectivity index (χ0) is 17.7. The Morgan fingerprint density at radius 2 is 1.71 bits per heavy atom. The zero-order valence-electron chi connectivity index (χ0n) is 14.7. The lowest BCUT2D eigenvalue weighted by Crippen LogP contribution is -2.51. The van der Waals surface area contributed by atoms with Crippen LogP contribution in [0.15, 0.2) is 29.2 Å². The summed E-state index contributed by atoms with van der Waals surface area (Å²) < 4.78 is 27.0. The molecule has 0 saturated carbocycles. The van der Waals surface area contributed by atoms with Crippen LogP contribution in [0.1, 0.15) is 32.3 Å². The number of piperazine rings is 1. The van der Waals surface area contributed by atoms with Gasteiger partial charge in [0, 0.05) is 32.7 Å². The van der Waals surface area contributed by atoms with Crippen molar-refractivity contribution in [2.75, 3.05) is 39.3 Å². The fourth-order valence-electron chi connectivity index (χ4n) is 2.76. The minimum absolute atomic E-state index is 0.0157. The van der Waals surface area contributed by atoms with E-state index in [0.717, 1.165) is 5.56 Å². The number of rotatable bonds is 6. The molecule has 1 aliphatic heterocycles. The number of carbonyl (C=O) groups is 1. The number of sulfonamides is 1. The Labute approximate surface area is 144 Å². The molecule has 7 heteroatoms. The zero-order valence-corrected chi connectivity index (χ0v) is 15.5. The van der Waals surface area contributed by atoms with Crippen molar-refractivity contribution in [2.24, 2.45) is 0 Å². The third-order valence-corrected chi connectivity index (χ3v) is 6.17. The highest BCUT2D eigenvalue weighted by atomic mass is 32.2. The summed E-state index contributed by atoms with van der Waals surface area (Å²) in [7, 11) is -3.46. The molecule has 0 spiro atoms. The molecule has 1 heterocycles. The Morgan fingerprint density at radius 1 is 1.12 bits per heavy atom. The smallest absolute Gasteiger partial charge is 0.243 e. The van der Waals surface area contributed by atoms with Crippen LogP contribution in [0, 0.1) is 0 Å². The van der Waals surface area contributed by atoms with Gasteiger partial charge in [0.15, 0.2) is 0 Å². The van der Waals surface area contributed by atoms with Crippen molar-refractivity contribution in [3.05, 3.63) is 29.8 Å². The summed E-state index contributed by atoms with van der Waals surface area (Å²) in [5.74, 6) is 0.359. The van der Waals surface area contributed by atoms with E-state index in [1.165, 1.54) is 4.31 Å². The average Bonchev–Trinajstić information content (AvgIpc) is 2.55. The van der Waals surface area contributed by atoms with E-state index in [0.29, 0.717) is 50.1 Å². The van der Waals surface area contributed by atoms with Crippen molar-refractivity contribution in [3.8, 4) is 0 Å². The first-order chi connectivity index (χ1) is 11.3. The van der Waals surface area contributed by atoms with Gasteiger partial charge in [-0.1, -0.05) is 26.0 Å². The second kappa shape index (κ2) is 8.09. The van der Waals surface area contributed by atoms with Gasteiger partial charge in [0.1, 0.15) is 0 Å². The Bertz CT molecular complexity index is 648. The van der Waals surface area contributed by atoms with Crippen LogP contribution >= 0.6 is 0 Å². The molecule has 0 radical (unpaired) electrons. The molecule has 1 amide bonds. The molecule has 1 aliphatic rings. The van der Waals surface area contributed by atoms with E-state index in [-0.39, 0.29) is 5.91 Å². The van der Waals surface area contributed by atoms with Crippen LogP contribution in [0.2, 0.25) is 0 Å². The normalized spacial score (nSPS) is 17.2. The highest BCUT2D eigenvalue weighted by Crippen LogP contribution is 2.21. The molecule has 1 aromatic carbocycles. The van der Waals surface area contributed by atoms with Crippen LogP contribution in [-0.4, -0.2) is 62.8 Å². The summed E-state index contributed by atoms with van der Waals surface area (Å²) in [6, 6.07) is 7.13. The predicted octanol–water partition coefficient (Wildman–Crippen LogP) is 1.25. The van der Waals surface area contributed by atoms with Crippen LogP contribution in [0.5, 0.6) is 0 Å². The first-order valence-electron chi connectivity index (χ1n) is 8.43. The minimum Gasteiger partial charge on any atom is -0.355 e. The number of carbonyl (C=O) groups excluding carboxylic acids is 1. The molecule has 0 aromatic heterocycles. The van der Waals surface area contributed by atoms with Gasteiger partial charge in [-0.3, -0.25) is 9.69 Å². The maximum atomic E-state index is 12.7. The number of benzene rings is 1. The second-order valence-corrected chi connectivity index (χ2v) is 8.30. The number of hydrogen-bond donors (Lipinski definition) is 1. The molecule has 134 valence electrons. The maximum absolute atomic E-state index is 12.7. The second-order valence-electron chi connectivity index (χ2n) is 6.36. The molecular formula is C17H27N3O3S. The molecule has 0 aliphatic carbocycles. The highest BCUT2D eigenvalue weighted by molar-refractivity contribution is 7.89. The standard InChI is InChI=1S/C17H27N3O3S/c1-4-18-17(21)13-19-9-11-20(12-10-19)24(22,23)16-7-5-15(6-8-16)14(2)3/h5-8,14H,4,9-13H2,1-3H3,(H,18,21). The summed E-state index contributed by atoms with van der Waals surface area (Å²) >= 11 is 0. The molecule has 0 bridgehead atoms. The molecule has 24 heavy (non-hydrogen) atoms. The Hall–Kier alpha value is -1.44. The van der Waals surface area contributed by atoms with Gasteiger partial charge in [0.2, 0.25) is 15.9 Å². The number of nitrogens with one attached hydrogen (secondary N) is 1. The summed E-state index contributed by atoms with van der Waals surface area (Å²) in [5.41, 5.74) is 1.13. The van der Waals surface area contributed by atoms with Gasteiger partial charge >= 0.3 is 0 Å². The maximum Gasteiger partial charge on any atom is 0.243 e. The summed E-state index contributed by atoms with van der Waals surface area (Å²) in [5, 5.41) is 2.76. The van der Waals surface area contributed by atoms with Crippen LogP contribution in [0.25, 0.3) is 0 Å². The van der Waals surface area contributed by atoms with E-state index in [1.807, 2.05) is 24.0 Å². The fourth-order valence-corrected chi connectivity index (χ4v) is 4.18. The topological polar surface area (TPSA) is 69.7 Å². The van der Waals surface area contributed by atoms with Gasteiger partial charge in [-0.25, -0.2) is 8.42 Å². The van der Waals surface area contributed by atoms with E-state index in [1.54, 1.807) is 12.1 Å². The third kappa shape index (κ3) is 4.55. The van der Waals surface area contributed by atoms with E-state index < -0.39 is 10.0 Å². The highest BCUT2D eigenvalue weighted by Gasteiger charge is 2.28. The van der Waals surface area contributed by atoms with Crippen molar-refractivity contribution < 1.29 is 13.2 Å². The molecular weight excluding hydrogens is 326 g/mol. The summed E-state index contributed by atoms with van der Waals surface area (Å²) in [4.78, 5) is 13.9. The molecule has 1 aromatic rings. The van der Waals surface area contributed by atoms with Gasteiger partial charge in [0.05, 0.1) is 11.4 Å². The quantitative estimate of drug-likeness (QED) is 0.836. The SMILES string of the molecule is CCNC(=O)CN1CCN(S(=O)(=O)c2ccc(C(C)C)cc2)CC1. The lowest BCUT2D eigenvalue weighted by molar-refractivity contribution is -0.122. The van der Waals surface area contributed by atoms with Crippen LogP contribution in [-0.2, 0) is 14.8 Å². The molecule has 1 saturated heterocycles. The van der Waals surface area contributed by atoms with Gasteiger partial charge < -0.3 is 5.32 Å². The molecule has 1 fully saturated rings. The average molecular weight is 353 g/mol. The molecule has 6 nitrogen and oxygen atoms in total. The molecule has 1 N–H and O–H groups in total. The summed E-state index contributed by atoms with van der Waals surface area (Å²) in [6.45, 7) is 8.94. The van der Waals surface area contributed by atoms with Crippen molar-refractivity contribution in [1.82, 2.24) is 14.5 Å². The molecule has 0 unspecified atom stereocenters. The van der Waals surface area contributed by atoms with Crippen molar-refractivity contribution in [1.29, 1.82) is 0 Å². The van der Waals surface area contributed by atoms with Gasteiger partial charge in [0.25, 0.3) is 0 Å².